The second-order valence-electron chi connectivity index (χ2n) is 2.89. The molecule has 0 aromatic heterocycles. The van der Waals surface area contributed by atoms with Crippen molar-refractivity contribution >= 4 is 17.0 Å². The standard InChI is InChI=1S/C9H13NO4S/c1-3-13-8-5-9(14-15(11)12)7(10)4-6(8)2/h4-5H,3,10H2,1-2H3,(H,11,12). The highest BCUT2D eigenvalue weighted by Crippen LogP contribution is 2.31. The highest BCUT2D eigenvalue weighted by Gasteiger charge is 2.09. The molecule has 5 nitrogen and oxygen atoms in total. The Balaban J connectivity index is 3.05. The molecule has 0 fully saturated rings. The van der Waals surface area contributed by atoms with E-state index in [1.807, 2.05) is 13.8 Å². The number of benzene rings is 1. The molecule has 1 aromatic carbocycles. The summed E-state index contributed by atoms with van der Waals surface area (Å²) in [5, 5.41) is 0. The number of hydrogen-bond acceptors (Lipinski definition) is 4. The van der Waals surface area contributed by atoms with Crippen molar-refractivity contribution in [3.05, 3.63) is 17.7 Å². The molecule has 6 heteroatoms. The molecule has 1 atom stereocenters. The van der Waals surface area contributed by atoms with E-state index >= 15 is 0 Å². The lowest BCUT2D eigenvalue weighted by atomic mass is 10.2. The summed E-state index contributed by atoms with van der Waals surface area (Å²) in [7, 11) is 0. The Morgan fingerprint density at radius 2 is 2.13 bits per heavy atom. The highest BCUT2D eigenvalue weighted by atomic mass is 32.2. The van der Waals surface area contributed by atoms with Crippen molar-refractivity contribution in [3.63, 3.8) is 0 Å². The second kappa shape index (κ2) is 4.99. The Kier molecular flexibility index (Phi) is 3.93. The van der Waals surface area contributed by atoms with Gasteiger partial charge in [-0.2, -0.15) is 4.21 Å². The van der Waals surface area contributed by atoms with Crippen LogP contribution in [0.5, 0.6) is 11.5 Å². The Morgan fingerprint density at radius 3 is 2.67 bits per heavy atom. The molecule has 0 saturated carbocycles. The van der Waals surface area contributed by atoms with E-state index in [1.165, 1.54) is 6.07 Å². The van der Waals surface area contributed by atoms with Gasteiger partial charge in [-0.25, -0.2) is 0 Å². The maximum absolute atomic E-state index is 10.5. The Bertz CT molecular complexity index is 381. The summed E-state index contributed by atoms with van der Waals surface area (Å²) < 4.78 is 28.9. The molecule has 3 N–H and O–H groups in total. The first kappa shape index (κ1) is 11.8. The van der Waals surface area contributed by atoms with Crippen molar-refractivity contribution < 1.29 is 17.7 Å². The van der Waals surface area contributed by atoms with Gasteiger partial charge in [-0.05, 0) is 25.5 Å². The quantitative estimate of drug-likeness (QED) is 0.606. The van der Waals surface area contributed by atoms with Gasteiger partial charge in [-0.3, -0.25) is 4.55 Å². The van der Waals surface area contributed by atoms with E-state index in [0.717, 1.165) is 5.56 Å². The summed E-state index contributed by atoms with van der Waals surface area (Å²) in [4.78, 5) is 0. The molecule has 0 aliphatic heterocycles. The zero-order chi connectivity index (χ0) is 11.4. The van der Waals surface area contributed by atoms with Crippen LogP contribution in [0.15, 0.2) is 12.1 Å². The number of nitrogen functional groups attached to an aromatic ring is 1. The normalized spacial score (nSPS) is 12.2. The van der Waals surface area contributed by atoms with Crippen molar-refractivity contribution in [2.24, 2.45) is 0 Å². The summed E-state index contributed by atoms with van der Waals surface area (Å²) in [6, 6.07) is 3.13. The number of aryl methyl sites for hydroxylation is 1. The molecule has 0 aliphatic rings. The molecule has 0 bridgehead atoms. The fourth-order valence-electron chi connectivity index (χ4n) is 1.15. The van der Waals surface area contributed by atoms with Gasteiger partial charge in [-0.1, -0.05) is 0 Å². The maximum Gasteiger partial charge on any atom is 0.357 e. The molecular weight excluding hydrogens is 218 g/mol. The van der Waals surface area contributed by atoms with Crippen molar-refractivity contribution in [2.45, 2.75) is 13.8 Å². The van der Waals surface area contributed by atoms with Crippen LogP contribution >= 0.6 is 0 Å². The van der Waals surface area contributed by atoms with Gasteiger partial charge in [0.25, 0.3) is 0 Å². The van der Waals surface area contributed by atoms with E-state index in [4.69, 9.17) is 15.0 Å². The van der Waals surface area contributed by atoms with E-state index in [2.05, 4.69) is 4.18 Å². The third kappa shape index (κ3) is 3.10. The number of anilines is 1. The van der Waals surface area contributed by atoms with Gasteiger partial charge in [0.2, 0.25) is 0 Å². The molecule has 0 aliphatic carbocycles. The fourth-order valence-corrected chi connectivity index (χ4v) is 1.45. The first-order valence-electron chi connectivity index (χ1n) is 4.36. The molecule has 1 aromatic rings. The third-order valence-electron chi connectivity index (χ3n) is 1.77. The van der Waals surface area contributed by atoms with Crippen LogP contribution in [0.4, 0.5) is 5.69 Å². The lowest BCUT2D eigenvalue weighted by Gasteiger charge is -2.10. The van der Waals surface area contributed by atoms with Crippen LogP contribution in [0.3, 0.4) is 0 Å². The zero-order valence-corrected chi connectivity index (χ0v) is 9.34. The monoisotopic (exact) mass is 231 g/mol. The molecule has 0 amide bonds. The van der Waals surface area contributed by atoms with Gasteiger partial charge < -0.3 is 14.7 Å². The molecule has 84 valence electrons. The van der Waals surface area contributed by atoms with Crippen molar-refractivity contribution in [1.29, 1.82) is 0 Å². The number of hydrogen-bond donors (Lipinski definition) is 2. The van der Waals surface area contributed by atoms with Crippen LogP contribution < -0.4 is 14.7 Å². The summed E-state index contributed by atoms with van der Waals surface area (Å²) in [6.45, 7) is 4.19. The summed E-state index contributed by atoms with van der Waals surface area (Å²) in [6.07, 6.45) is 0. The smallest absolute Gasteiger partial charge is 0.357 e. The molecule has 1 unspecified atom stereocenters. The Hall–Kier alpha value is -1.27. The number of rotatable bonds is 4. The van der Waals surface area contributed by atoms with Gasteiger partial charge in [0.05, 0.1) is 12.3 Å². The average molecular weight is 231 g/mol. The summed E-state index contributed by atoms with van der Waals surface area (Å²) >= 11 is -2.38. The van der Waals surface area contributed by atoms with Crippen molar-refractivity contribution in [1.82, 2.24) is 0 Å². The van der Waals surface area contributed by atoms with Gasteiger partial charge in [-0.15, -0.1) is 0 Å². The SMILES string of the molecule is CCOc1cc(OS(=O)O)c(N)cc1C. The minimum absolute atomic E-state index is 0.143. The first-order chi connectivity index (χ1) is 7.04. The van der Waals surface area contributed by atoms with E-state index in [0.29, 0.717) is 18.0 Å². The van der Waals surface area contributed by atoms with E-state index in [1.54, 1.807) is 6.07 Å². The lowest BCUT2D eigenvalue weighted by molar-refractivity contribution is 0.336. The van der Waals surface area contributed by atoms with Crippen LogP contribution in [-0.4, -0.2) is 15.4 Å². The van der Waals surface area contributed by atoms with Gasteiger partial charge in [0.1, 0.15) is 5.75 Å². The van der Waals surface area contributed by atoms with Crippen LogP contribution in [0, 0.1) is 6.92 Å². The van der Waals surface area contributed by atoms with Gasteiger partial charge in [0.15, 0.2) is 5.75 Å². The predicted octanol–water partition coefficient (Wildman–Crippen LogP) is 1.49. The maximum atomic E-state index is 10.5. The van der Waals surface area contributed by atoms with Gasteiger partial charge in [0, 0.05) is 6.07 Å². The Morgan fingerprint density at radius 1 is 1.47 bits per heavy atom. The van der Waals surface area contributed by atoms with Crippen LogP contribution in [0.1, 0.15) is 12.5 Å². The molecule has 1 rings (SSSR count). The van der Waals surface area contributed by atoms with Crippen LogP contribution in [-0.2, 0) is 11.4 Å². The largest absolute Gasteiger partial charge is 0.493 e. The molecule has 0 heterocycles. The predicted molar refractivity (Wildman–Crippen MR) is 58.2 cm³/mol. The van der Waals surface area contributed by atoms with Crippen molar-refractivity contribution in [2.75, 3.05) is 12.3 Å². The van der Waals surface area contributed by atoms with Gasteiger partial charge >= 0.3 is 11.4 Å². The van der Waals surface area contributed by atoms with E-state index in [-0.39, 0.29) is 5.75 Å². The first-order valence-corrected chi connectivity index (χ1v) is 5.40. The van der Waals surface area contributed by atoms with Crippen LogP contribution in [0.25, 0.3) is 0 Å². The molecule has 15 heavy (non-hydrogen) atoms. The summed E-state index contributed by atoms with van der Waals surface area (Å²) in [5.74, 6) is 0.733. The van der Waals surface area contributed by atoms with Crippen molar-refractivity contribution in [3.8, 4) is 11.5 Å². The number of ether oxygens (including phenoxy) is 1. The molecular formula is C9H13NO4S. The average Bonchev–Trinajstić information content (AvgIpc) is 2.12. The zero-order valence-electron chi connectivity index (χ0n) is 8.52. The highest BCUT2D eigenvalue weighted by molar-refractivity contribution is 7.74. The molecule has 0 spiro atoms. The number of nitrogens with two attached hydrogens (primary N) is 1. The topological polar surface area (TPSA) is 81.8 Å². The van der Waals surface area contributed by atoms with E-state index in [9.17, 15) is 4.21 Å². The minimum Gasteiger partial charge on any atom is -0.493 e. The summed E-state index contributed by atoms with van der Waals surface area (Å²) in [5.41, 5.74) is 6.76. The van der Waals surface area contributed by atoms with Crippen LogP contribution in [0.2, 0.25) is 0 Å². The molecule has 0 radical (unpaired) electrons. The third-order valence-corrected chi connectivity index (χ3v) is 2.09. The minimum atomic E-state index is -2.38. The van der Waals surface area contributed by atoms with E-state index < -0.39 is 11.4 Å². The Labute approximate surface area is 90.7 Å². The lowest BCUT2D eigenvalue weighted by Crippen LogP contribution is -2.03. The second-order valence-corrected chi connectivity index (χ2v) is 3.49. The fraction of sp³-hybridized carbons (Fsp3) is 0.333. The molecule has 0 saturated heterocycles.